The molecule has 2 atom stereocenters. The van der Waals surface area contributed by atoms with Gasteiger partial charge in [0.1, 0.15) is 0 Å². The molecule has 0 spiro atoms. The third kappa shape index (κ3) is 3.84. The van der Waals surface area contributed by atoms with Gasteiger partial charge in [0.15, 0.2) is 0 Å². The maximum absolute atomic E-state index is 11.2. The molecule has 0 radical (unpaired) electrons. The first kappa shape index (κ1) is 16.0. The molecule has 2 rings (SSSR count). The first-order chi connectivity index (χ1) is 9.31. The molecule has 1 aliphatic heterocycles. The van der Waals surface area contributed by atoms with Crippen LogP contribution in [0.5, 0.6) is 0 Å². The molecule has 20 heavy (non-hydrogen) atoms. The molecule has 0 aromatic heterocycles. The predicted molar refractivity (Wildman–Crippen MR) is 90.8 cm³/mol. The fourth-order valence-corrected chi connectivity index (χ4v) is 8.98. The van der Waals surface area contributed by atoms with Crippen LogP contribution in [0.2, 0.25) is 0 Å². The summed E-state index contributed by atoms with van der Waals surface area (Å²) in [4.78, 5) is 0. The zero-order chi connectivity index (χ0) is 14.8. The molecule has 1 fully saturated rings. The summed E-state index contributed by atoms with van der Waals surface area (Å²) in [6.07, 6.45) is 5.52. The van der Waals surface area contributed by atoms with Gasteiger partial charge in [0.25, 0.3) is 0 Å². The van der Waals surface area contributed by atoms with Crippen LogP contribution in [0.4, 0.5) is 0 Å². The molecule has 0 aliphatic carbocycles. The molecule has 3 nitrogen and oxygen atoms in total. The molecule has 0 N–H and O–H groups in total. The van der Waals surface area contributed by atoms with Crippen LogP contribution in [0, 0.1) is 0 Å². The third-order valence-corrected chi connectivity index (χ3v) is 10.6. The van der Waals surface area contributed by atoms with Crippen LogP contribution in [-0.2, 0) is 14.3 Å². The summed E-state index contributed by atoms with van der Waals surface area (Å²) in [7, 11) is -2.42. The molecule has 0 amide bonds. The zero-order valence-electron chi connectivity index (χ0n) is 12.5. The van der Waals surface area contributed by atoms with Crippen LogP contribution in [0.1, 0.15) is 26.2 Å². The van der Waals surface area contributed by atoms with E-state index in [1.165, 1.54) is 24.3 Å². The van der Waals surface area contributed by atoms with Gasteiger partial charge in [-0.1, -0.05) is 0 Å². The molecular formula is C14H24BO3PS. The van der Waals surface area contributed by atoms with Gasteiger partial charge in [-0.2, -0.15) is 0 Å². The van der Waals surface area contributed by atoms with Gasteiger partial charge in [-0.15, -0.1) is 0 Å². The number of hydrogen-bond donors (Lipinski definition) is 0. The fraction of sp³-hybridized carbons (Fsp3) is 0.571. The van der Waals surface area contributed by atoms with Gasteiger partial charge in [0.05, 0.1) is 0 Å². The summed E-state index contributed by atoms with van der Waals surface area (Å²) in [6, 6.07) is 10.8. The zero-order valence-corrected chi connectivity index (χ0v) is 14.3. The Morgan fingerprint density at radius 1 is 1.40 bits per heavy atom. The van der Waals surface area contributed by atoms with Crippen LogP contribution < -0.4 is 5.30 Å². The molecule has 1 heterocycles. The van der Waals surface area contributed by atoms with Crippen molar-refractivity contribution in [2.45, 2.75) is 37.9 Å². The standard InChI is InChI=1S/C14H24BO3PS/c1-12(18-20(2,16)17)11-14-9-6-10-19(14,15)13-7-4-3-5-8-13/h3-5,7-8,12,14,19H,6,9-11,15H2,1-2H3/t12-,14+/m0/s1. The van der Waals surface area contributed by atoms with Crippen LogP contribution >= 0.6 is 7.14 Å². The Kier molecular flexibility index (Phi) is 4.94. The van der Waals surface area contributed by atoms with Gasteiger partial charge in [-0.25, -0.2) is 0 Å². The van der Waals surface area contributed by atoms with E-state index in [-0.39, 0.29) is 6.10 Å². The minimum atomic E-state index is -3.35. The van der Waals surface area contributed by atoms with E-state index >= 15 is 0 Å². The van der Waals surface area contributed by atoms with E-state index in [0.29, 0.717) is 5.66 Å². The van der Waals surface area contributed by atoms with Gasteiger partial charge in [-0.05, 0) is 0 Å². The monoisotopic (exact) mass is 314 g/mol. The molecule has 0 bridgehead atoms. The SMILES string of the molecule is B[PH]1(c2ccccc2)CCC[C@@H]1C[C@H](C)OS(C)(=O)=O. The number of hydrogen-bond acceptors (Lipinski definition) is 3. The molecule has 1 aromatic rings. The van der Waals surface area contributed by atoms with Crippen LogP contribution in [0.3, 0.4) is 0 Å². The Balaban J connectivity index is 2.11. The van der Waals surface area contributed by atoms with E-state index < -0.39 is 17.3 Å². The normalized spacial score (nSPS) is 25.2. The van der Waals surface area contributed by atoms with Crippen molar-refractivity contribution in [1.29, 1.82) is 0 Å². The van der Waals surface area contributed by atoms with Gasteiger partial charge in [-0.3, -0.25) is 0 Å². The van der Waals surface area contributed by atoms with Gasteiger partial charge < -0.3 is 0 Å². The van der Waals surface area contributed by atoms with Crippen molar-refractivity contribution in [2.24, 2.45) is 0 Å². The predicted octanol–water partition coefficient (Wildman–Crippen LogP) is 1.53. The first-order valence-electron chi connectivity index (χ1n) is 7.25. The Bertz CT molecular complexity index is 549. The van der Waals surface area contributed by atoms with Crippen molar-refractivity contribution < 1.29 is 12.6 Å². The fourth-order valence-electron chi connectivity index (χ4n) is 3.55. The third-order valence-electron chi connectivity index (χ3n) is 4.54. The van der Waals surface area contributed by atoms with E-state index in [9.17, 15) is 8.42 Å². The number of rotatable bonds is 5. The molecule has 1 aliphatic rings. The van der Waals surface area contributed by atoms with Gasteiger partial charge in [0.2, 0.25) is 0 Å². The summed E-state index contributed by atoms with van der Waals surface area (Å²) >= 11 is 0. The van der Waals surface area contributed by atoms with E-state index in [0.717, 1.165) is 12.7 Å². The van der Waals surface area contributed by atoms with E-state index in [1.54, 1.807) is 0 Å². The first-order valence-corrected chi connectivity index (χ1v) is 11.8. The second kappa shape index (κ2) is 6.17. The molecule has 6 heteroatoms. The molecular weight excluding hydrogens is 290 g/mol. The van der Waals surface area contributed by atoms with Crippen molar-refractivity contribution in [3.8, 4) is 0 Å². The van der Waals surface area contributed by atoms with E-state index in [1.807, 2.05) is 6.92 Å². The van der Waals surface area contributed by atoms with Gasteiger partial charge >= 0.3 is 123 Å². The van der Waals surface area contributed by atoms with Crippen molar-refractivity contribution >= 4 is 30.1 Å². The molecule has 1 aromatic carbocycles. The summed E-state index contributed by atoms with van der Waals surface area (Å²) in [5.74, 6) is 0. The van der Waals surface area contributed by atoms with E-state index in [4.69, 9.17) is 4.18 Å². The van der Waals surface area contributed by atoms with Crippen LogP contribution in [0.25, 0.3) is 0 Å². The Morgan fingerprint density at radius 3 is 2.65 bits per heavy atom. The average molecular weight is 314 g/mol. The Morgan fingerprint density at radius 2 is 2.05 bits per heavy atom. The van der Waals surface area contributed by atoms with Crippen LogP contribution in [0.15, 0.2) is 30.3 Å². The molecule has 0 saturated carbocycles. The van der Waals surface area contributed by atoms with Crippen molar-refractivity contribution in [2.75, 3.05) is 12.4 Å². The topological polar surface area (TPSA) is 43.4 Å². The van der Waals surface area contributed by atoms with Crippen molar-refractivity contribution in [1.82, 2.24) is 0 Å². The average Bonchev–Trinajstić information content (AvgIpc) is 2.71. The van der Waals surface area contributed by atoms with E-state index in [2.05, 4.69) is 37.9 Å². The Labute approximate surface area is 123 Å². The molecule has 1 saturated heterocycles. The van der Waals surface area contributed by atoms with Crippen LogP contribution in [-0.4, -0.2) is 40.2 Å². The number of benzene rings is 1. The summed E-state index contributed by atoms with van der Waals surface area (Å²) in [5, 5.41) is 1.49. The molecule has 0 unspecified atom stereocenters. The maximum atomic E-state index is 11.2. The molecule has 112 valence electrons. The quantitative estimate of drug-likeness (QED) is 0.470. The second-order valence-corrected chi connectivity index (χ2v) is 12.5. The van der Waals surface area contributed by atoms with Crippen molar-refractivity contribution in [3.63, 3.8) is 0 Å². The minimum absolute atomic E-state index is 0.219. The summed E-state index contributed by atoms with van der Waals surface area (Å²) < 4.78 is 27.6. The summed E-state index contributed by atoms with van der Waals surface area (Å²) in [5.41, 5.74) is 0.613. The second-order valence-electron chi connectivity index (χ2n) is 6.22. The Hall–Kier alpha value is -0.375. The van der Waals surface area contributed by atoms with Crippen molar-refractivity contribution in [3.05, 3.63) is 30.3 Å². The van der Waals surface area contributed by atoms with Gasteiger partial charge in [0, 0.05) is 0 Å². The summed E-state index contributed by atoms with van der Waals surface area (Å²) in [6.45, 7) is 1.87.